The molecular formula is C11H14N2O. The topological polar surface area (TPSA) is 55.1 Å². The third-order valence-corrected chi connectivity index (χ3v) is 1.91. The van der Waals surface area contributed by atoms with Crippen LogP contribution in [-0.4, -0.2) is 6.29 Å². The molecule has 3 N–H and O–H groups in total. The lowest BCUT2D eigenvalue weighted by Crippen LogP contribution is -2.01. The molecule has 0 fully saturated rings. The number of nitrogens with two attached hydrogens (primary N) is 1. The zero-order valence-corrected chi connectivity index (χ0v) is 8.16. The minimum atomic E-state index is 0.678. The molecule has 1 rings (SSSR count). The molecule has 0 spiro atoms. The van der Waals surface area contributed by atoms with Crippen LogP contribution >= 0.6 is 0 Å². The van der Waals surface area contributed by atoms with Gasteiger partial charge in [-0.25, -0.2) is 0 Å². The van der Waals surface area contributed by atoms with Crippen molar-refractivity contribution in [2.75, 3.05) is 11.1 Å². The van der Waals surface area contributed by atoms with Crippen LogP contribution in [0.4, 0.5) is 11.4 Å². The Morgan fingerprint density at radius 3 is 2.79 bits per heavy atom. The van der Waals surface area contributed by atoms with E-state index in [9.17, 15) is 4.79 Å². The summed E-state index contributed by atoms with van der Waals surface area (Å²) in [6.07, 6.45) is 3.05. The predicted molar refractivity (Wildman–Crippen MR) is 58.9 cm³/mol. The molecule has 0 aromatic heterocycles. The van der Waals surface area contributed by atoms with Crippen LogP contribution in [0.2, 0.25) is 0 Å². The van der Waals surface area contributed by atoms with Gasteiger partial charge in [-0.15, -0.1) is 0 Å². The lowest BCUT2D eigenvalue weighted by molar-refractivity contribution is -0.104. The van der Waals surface area contributed by atoms with E-state index in [1.807, 2.05) is 31.2 Å². The molecule has 0 aliphatic rings. The van der Waals surface area contributed by atoms with Crippen molar-refractivity contribution in [2.24, 2.45) is 0 Å². The van der Waals surface area contributed by atoms with Crippen molar-refractivity contribution in [2.45, 2.75) is 13.3 Å². The first-order valence-electron chi connectivity index (χ1n) is 4.53. The highest BCUT2D eigenvalue weighted by atomic mass is 16.1. The standard InChI is InChI=1S/C11H14N2O/c1-2-9(7-8-14)13-11-6-4-3-5-10(11)12/h3-8,13H,2,12H2,1H3/b9-7-. The second-order valence-corrected chi connectivity index (χ2v) is 2.89. The first kappa shape index (κ1) is 10.3. The zero-order chi connectivity index (χ0) is 10.4. The Hall–Kier alpha value is -1.77. The van der Waals surface area contributed by atoms with E-state index in [1.54, 1.807) is 0 Å². The third kappa shape index (κ3) is 2.62. The summed E-state index contributed by atoms with van der Waals surface area (Å²) in [5.41, 5.74) is 8.11. The molecule has 14 heavy (non-hydrogen) atoms. The lowest BCUT2D eigenvalue weighted by atomic mass is 10.2. The fraction of sp³-hybridized carbons (Fsp3) is 0.182. The Morgan fingerprint density at radius 2 is 2.21 bits per heavy atom. The molecule has 1 aromatic carbocycles. The van der Waals surface area contributed by atoms with Crippen LogP contribution < -0.4 is 11.1 Å². The maximum Gasteiger partial charge on any atom is 0.144 e. The van der Waals surface area contributed by atoms with Crippen LogP contribution in [0.1, 0.15) is 13.3 Å². The van der Waals surface area contributed by atoms with E-state index in [0.29, 0.717) is 5.69 Å². The number of aldehydes is 1. The molecule has 74 valence electrons. The van der Waals surface area contributed by atoms with Crippen LogP contribution in [0.5, 0.6) is 0 Å². The fourth-order valence-electron chi connectivity index (χ4n) is 1.11. The lowest BCUT2D eigenvalue weighted by Gasteiger charge is -2.10. The van der Waals surface area contributed by atoms with E-state index in [1.165, 1.54) is 6.08 Å². The normalized spacial score (nSPS) is 11.1. The van der Waals surface area contributed by atoms with Crippen molar-refractivity contribution in [3.05, 3.63) is 36.0 Å². The van der Waals surface area contributed by atoms with Crippen molar-refractivity contribution in [3.8, 4) is 0 Å². The van der Waals surface area contributed by atoms with Crippen molar-refractivity contribution in [3.63, 3.8) is 0 Å². The van der Waals surface area contributed by atoms with Gasteiger partial charge in [-0.2, -0.15) is 0 Å². The summed E-state index contributed by atoms with van der Waals surface area (Å²) in [5, 5.41) is 3.10. The van der Waals surface area contributed by atoms with Gasteiger partial charge in [-0.3, -0.25) is 4.79 Å². The van der Waals surface area contributed by atoms with E-state index in [-0.39, 0.29) is 0 Å². The van der Waals surface area contributed by atoms with E-state index < -0.39 is 0 Å². The summed E-state index contributed by atoms with van der Waals surface area (Å²) in [7, 11) is 0. The van der Waals surface area contributed by atoms with Gasteiger partial charge in [0.1, 0.15) is 6.29 Å². The molecule has 0 aliphatic carbocycles. The van der Waals surface area contributed by atoms with Gasteiger partial charge in [0, 0.05) is 5.70 Å². The first-order valence-corrected chi connectivity index (χ1v) is 4.53. The maximum atomic E-state index is 10.3. The molecule has 0 unspecified atom stereocenters. The highest BCUT2D eigenvalue weighted by Crippen LogP contribution is 2.19. The number of para-hydroxylation sites is 2. The van der Waals surface area contributed by atoms with Gasteiger partial charge in [0.2, 0.25) is 0 Å². The summed E-state index contributed by atoms with van der Waals surface area (Å²) in [6.45, 7) is 1.97. The number of hydrogen-bond donors (Lipinski definition) is 2. The van der Waals surface area contributed by atoms with Gasteiger partial charge in [-0.1, -0.05) is 19.1 Å². The number of benzene rings is 1. The highest BCUT2D eigenvalue weighted by Gasteiger charge is 1.98. The van der Waals surface area contributed by atoms with Gasteiger partial charge in [-0.05, 0) is 24.6 Å². The molecule has 3 nitrogen and oxygen atoms in total. The quantitative estimate of drug-likeness (QED) is 0.434. The van der Waals surface area contributed by atoms with Crippen LogP contribution in [0, 0.1) is 0 Å². The minimum Gasteiger partial charge on any atom is -0.397 e. The van der Waals surface area contributed by atoms with Gasteiger partial charge in [0.25, 0.3) is 0 Å². The average Bonchev–Trinajstić information content (AvgIpc) is 2.20. The number of nitrogens with one attached hydrogen (secondary N) is 1. The van der Waals surface area contributed by atoms with Crippen LogP contribution in [0.15, 0.2) is 36.0 Å². The Morgan fingerprint density at radius 1 is 1.50 bits per heavy atom. The van der Waals surface area contributed by atoms with Crippen LogP contribution in [-0.2, 0) is 4.79 Å². The molecule has 3 heteroatoms. The number of hydrogen-bond acceptors (Lipinski definition) is 3. The summed E-state index contributed by atoms with van der Waals surface area (Å²) >= 11 is 0. The van der Waals surface area contributed by atoms with Crippen LogP contribution in [0.3, 0.4) is 0 Å². The molecule has 0 radical (unpaired) electrons. The molecule has 0 amide bonds. The Bertz CT molecular complexity index is 345. The fourth-order valence-corrected chi connectivity index (χ4v) is 1.11. The van der Waals surface area contributed by atoms with Gasteiger partial charge in [0.05, 0.1) is 11.4 Å². The van der Waals surface area contributed by atoms with Crippen molar-refractivity contribution in [1.82, 2.24) is 0 Å². The molecule has 0 aliphatic heterocycles. The molecular weight excluding hydrogens is 176 g/mol. The van der Waals surface area contributed by atoms with Crippen molar-refractivity contribution >= 4 is 17.7 Å². The Balaban J connectivity index is 2.82. The molecule has 0 heterocycles. The number of anilines is 2. The Labute approximate surface area is 83.6 Å². The molecule has 0 bridgehead atoms. The summed E-state index contributed by atoms with van der Waals surface area (Å²) < 4.78 is 0. The number of carbonyl (C=O) groups excluding carboxylic acids is 1. The number of allylic oxidation sites excluding steroid dienone is 2. The minimum absolute atomic E-state index is 0.678. The highest BCUT2D eigenvalue weighted by molar-refractivity contribution is 5.72. The Kier molecular flexibility index (Phi) is 3.73. The maximum absolute atomic E-state index is 10.3. The van der Waals surface area contributed by atoms with E-state index in [2.05, 4.69) is 5.32 Å². The summed E-state index contributed by atoms with van der Waals surface area (Å²) in [6, 6.07) is 7.46. The van der Waals surface area contributed by atoms with Gasteiger partial charge in [0.15, 0.2) is 0 Å². The smallest absolute Gasteiger partial charge is 0.144 e. The van der Waals surface area contributed by atoms with Crippen molar-refractivity contribution < 1.29 is 4.79 Å². The zero-order valence-electron chi connectivity index (χ0n) is 8.16. The number of rotatable bonds is 4. The SMILES string of the molecule is CC/C(=C/C=O)Nc1ccccc1N. The van der Waals surface area contributed by atoms with E-state index in [4.69, 9.17) is 5.73 Å². The van der Waals surface area contributed by atoms with E-state index >= 15 is 0 Å². The summed E-state index contributed by atoms with van der Waals surface area (Å²) in [4.78, 5) is 10.3. The average molecular weight is 190 g/mol. The molecule has 0 saturated carbocycles. The van der Waals surface area contributed by atoms with Gasteiger partial charge < -0.3 is 11.1 Å². The largest absolute Gasteiger partial charge is 0.397 e. The summed E-state index contributed by atoms with van der Waals surface area (Å²) in [5.74, 6) is 0. The number of nitrogen functional groups attached to an aromatic ring is 1. The monoisotopic (exact) mass is 190 g/mol. The van der Waals surface area contributed by atoms with Gasteiger partial charge >= 0.3 is 0 Å². The molecule has 1 aromatic rings. The van der Waals surface area contributed by atoms with E-state index in [0.717, 1.165) is 24.1 Å². The number of carbonyl (C=O) groups is 1. The van der Waals surface area contributed by atoms with Crippen molar-refractivity contribution in [1.29, 1.82) is 0 Å². The van der Waals surface area contributed by atoms with Crippen LogP contribution in [0.25, 0.3) is 0 Å². The molecule has 0 atom stereocenters. The third-order valence-electron chi connectivity index (χ3n) is 1.91. The first-order chi connectivity index (χ1) is 6.77. The second-order valence-electron chi connectivity index (χ2n) is 2.89. The second kappa shape index (κ2) is 5.07. The molecule has 0 saturated heterocycles. The predicted octanol–water partition coefficient (Wildman–Crippen LogP) is 2.17.